The zero-order chi connectivity index (χ0) is 11.0. The van der Waals surface area contributed by atoms with Gasteiger partial charge in [-0.2, -0.15) is 0 Å². The maximum atomic E-state index is 6.14. The number of nitrogens with one attached hydrogen (secondary N) is 1. The quantitative estimate of drug-likeness (QED) is 0.834. The highest BCUT2D eigenvalue weighted by Gasteiger charge is 2.12. The van der Waals surface area contributed by atoms with Crippen LogP contribution in [-0.2, 0) is 6.42 Å². The lowest BCUT2D eigenvalue weighted by Gasteiger charge is -1.97. The molecule has 4 heteroatoms. The van der Waals surface area contributed by atoms with Crippen molar-refractivity contribution >= 4 is 34.1 Å². The van der Waals surface area contributed by atoms with Crippen LogP contribution >= 0.6 is 23.2 Å². The molecule has 1 aromatic carbocycles. The molecule has 0 unspecified atom stereocenters. The van der Waals surface area contributed by atoms with Crippen molar-refractivity contribution in [3.63, 3.8) is 0 Å². The van der Waals surface area contributed by atoms with Crippen LogP contribution in [0.5, 0.6) is 0 Å². The molecule has 0 aliphatic heterocycles. The maximum Gasteiger partial charge on any atom is 0.0663 e. The molecule has 0 radical (unpaired) electrons. The van der Waals surface area contributed by atoms with Gasteiger partial charge in [-0.25, -0.2) is 0 Å². The number of H-pyrrole nitrogens is 1. The molecule has 0 aliphatic rings. The van der Waals surface area contributed by atoms with E-state index in [2.05, 4.69) is 4.98 Å². The summed E-state index contributed by atoms with van der Waals surface area (Å²) in [6.45, 7) is 2.65. The van der Waals surface area contributed by atoms with E-state index in [1.807, 2.05) is 13.0 Å². The van der Waals surface area contributed by atoms with Gasteiger partial charge in [-0.3, -0.25) is 0 Å². The first-order chi connectivity index (χ1) is 7.15. The molecule has 2 rings (SSSR count). The second-order valence-electron chi connectivity index (χ2n) is 3.55. The minimum Gasteiger partial charge on any atom is -0.357 e. The van der Waals surface area contributed by atoms with Gasteiger partial charge in [-0.05, 0) is 31.2 Å². The van der Waals surface area contributed by atoms with E-state index in [1.54, 1.807) is 6.07 Å². The Bertz CT molecular complexity index is 503. The van der Waals surface area contributed by atoms with Gasteiger partial charge in [0.1, 0.15) is 0 Å². The van der Waals surface area contributed by atoms with Crippen molar-refractivity contribution in [3.8, 4) is 0 Å². The van der Waals surface area contributed by atoms with Crippen molar-refractivity contribution < 1.29 is 0 Å². The molecule has 0 saturated carbocycles. The number of benzene rings is 1. The van der Waals surface area contributed by atoms with Gasteiger partial charge in [0.25, 0.3) is 0 Å². The maximum absolute atomic E-state index is 6.14. The fourth-order valence-electron chi connectivity index (χ4n) is 1.83. The Labute approximate surface area is 98.4 Å². The highest BCUT2D eigenvalue weighted by atomic mass is 35.5. The molecule has 2 aromatic rings. The van der Waals surface area contributed by atoms with E-state index < -0.39 is 0 Å². The fraction of sp³-hybridized carbons (Fsp3) is 0.273. The Morgan fingerprint density at radius 3 is 2.53 bits per heavy atom. The van der Waals surface area contributed by atoms with Gasteiger partial charge in [0.15, 0.2) is 0 Å². The van der Waals surface area contributed by atoms with E-state index >= 15 is 0 Å². The second kappa shape index (κ2) is 4.05. The Morgan fingerprint density at radius 1 is 1.27 bits per heavy atom. The standard InChI is InChI=1S/C11H12Cl2N2/c1-6-9(4-5-14)15-11-8(13)3-2-7(12)10(6)11/h2-3,15H,4-5,14H2,1H3. The van der Waals surface area contributed by atoms with E-state index in [0.29, 0.717) is 11.6 Å². The number of aromatic amines is 1. The van der Waals surface area contributed by atoms with Crippen molar-refractivity contribution in [1.29, 1.82) is 0 Å². The van der Waals surface area contributed by atoms with Crippen LogP contribution in [0, 0.1) is 6.92 Å². The first-order valence-electron chi connectivity index (χ1n) is 4.80. The zero-order valence-corrected chi connectivity index (χ0v) is 9.91. The fourth-order valence-corrected chi connectivity index (χ4v) is 2.33. The van der Waals surface area contributed by atoms with Gasteiger partial charge in [-0.15, -0.1) is 0 Å². The van der Waals surface area contributed by atoms with Gasteiger partial charge in [0.2, 0.25) is 0 Å². The van der Waals surface area contributed by atoms with Gasteiger partial charge in [-0.1, -0.05) is 23.2 Å². The summed E-state index contributed by atoms with van der Waals surface area (Å²) < 4.78 is 0. The molecule has 0 saturated heterocycles. The molecule has 0 fully saturated rings. The van der Waals surface area contributed by atoms with Crippen molar-refractivity contribution in [3.05, 3.63) is 33.4 Å². The van der Waals surface area contributed by atoms with Crippen molar-refractivity contribution in [2.75, 3.05) is 6.54 Å². The SMILES string of the molecule is Cc1c(CCN)[nH]c2c(Cl)ccc(Cl)c12. The second-order valence-corrected chi connectivity index (χ2v) is 4.36. The molecule has 3 N–H and O–H groups in total. The molecular formula is C11H12Cl2N2. The molecule has 2 nitrogen and oxygen atoms in total. The van der Waals surface area contributed by atoms with E-state index in [0.717, 1.165) is 33.6 Å². The van der Waals surface area contributed by atoms with Crippen LogP contribution in [-0.4, -0.2) is 11.5 Å². The minimum absolute atomic E-state index is 0.614. The molecule has 0 spiro atoms. The van der Waals surface area contributed by atoms with Gasteiger partial charge in [0, 0.05) is 17.5 Å². The summed E-state index contributed by atoms with van der Waals surface area (Å²) in [4.78, 5) is 3.28. The van der Waals surface area contributed by atoms with E-state index in [-0.39, 0.29) is 0 Å². The van der Waals surface area contributed by atoms with E-state index in [4.69, 9.17) is 28.9 Å². The summed E-state index contributed by atoms with van der Waals surface area (Å²) in [5.41, 5.74) is 8.70. The average Bonchev–Trinajstić information content (AvgIpc) is 2.53. The summed E-state index contributed by atoms with van der Waals surface area (Å²) in [6.07, 6.45) is 0.813. The normalized spacial score (nSPS) is 11.2. The van der Waals surface area contributed by atoms with Gasteiger partial charge < -0.3 is 10.7 Å². The van der Waals surface area contributed by atoms with Crippen LogP contribution in [0.2, 0.25) is 10.0 Å². The van der Waals surface area contributed by atoms with Gasteiger partial charge >= 0.3 is 0 Å². The highest BCUT2D eigenvalue weighted by Crippen LogP contribution is 2.33. The van der Waals surface area contributed by atoms with E-state index in [1.165, 1.54) is 0 Å². The lowest BCUT2D eigenvalue weighted by atomic mass is 10.1. The summed E-state index contributed by atoms with van der Waals surface area (Å²) in [5, 5.41) is 2.43. The Balaban J connectivity index is 2.75. The highest BCUT2D eigenvalue weighted by molar-refractivity contribution is 6.40. The molecule has 0 amide bonds. The van der Waals surface area contributed by atoms with Crippen LogP contribution in [0.25, 0.3) is 10.9 Å². The third kappa shape index (κ3) is 1.73. The molecule has 0 atom stereocenters. The number of fused-ring (bicyclic) bond motifs is 1. The number of nitrogens with two attached hydrogens (primary N) is 1. The molecule has 0 aliphatic carbocycles. The summed E-state index contributed by atoms with van der Waals surface area (Å²) >= 11 is 12.2. The lowest BCUT2D eigenvalue weighted by Crippen LogP contribution is -2.03. The summed E-state index contributed by atoms with van der Waals surface area (Å²) in [5.74, 6) is 0. The van der Waals surface area contributed by atoms with Gasteiger partial charge in [0.05, 0.1) is 15.6 Å². The van der Waals surface area contributed by atoms with Crippen LogP contribution < -0.4 is 5.73 Å². The first-order valence-corrected chi connectivity index (χ1v) is 5.56. The molecule has 15 heavy (non-hydrogen) atoms. The lowest BCUT2D eigenvalue weighted by molar-refractivity contribution is 0.930. The third-order valence-corrected chi connectivity index (χ3v) is 3.23. The van der Waals surface area contributed by atoms with Crippen LogP contribution in [0.3, 0.4) is 0 Å². The molecule has 80 valence electrons. The van der Waals surface area contributed by atoms with Crippen molar-refractivity contribution in [2.45, 2.75) is 13.3 Å². The van der Waals surface area contributed by atoms with Crippen LogP contribution in [0.1, 0.15) is 11.3 Å². The molecular weight excluding hydrogens is 231 g/mol. The summed E-state index contributed by atoms with van der Waals surface area (Å²) in [6, 6.07) is 3.62. The minimum atomic E-state index is 0.614. The van der Waals surface area contributed by atoms with Crippen LogP contribution in [0.15, 0.2) is 12.1 Å². The number of halogens is 2. The topological polar surface area (TPSA) is 41.8 Å². The Kier molecular flexibility index (Phi) is 2.91. The predicted octanol–water partition coefficient (Wildman–Crippen LogP) is 3.28. The Hall–Kier alpha value is -0.700. The van der Waals surface area contributed by atoms with Crippen molar-refractivity contribution in [2.24, 2.45) is 5.73 Å². The Morgan fingerprint density at radius 2 is 1.93 bits per heavy atom. The van der Waals surface area contributed by atoms with Crippen LogP contribution in [0.4, 0.5) is 0 Å². The number of hydrogen-bond acceptors (Lipinski definition) is 1. The average molecular weight is 243 g/mol. The first kappa shape index (κ1) is 10.8. The zero-order valence-electron chi connectivity index (χ0n) is 8.40. The summed E-state index contributed by atoms with van der Waals surface area (Å²) in [7, 11) is 0. The van der Waals surface area contributed by atoms with E-state index in [9.17, 15) is 0 Å². The number of hydrogen-bond donors (Lipinski definition) is 2. The number of aromatic nitrogens is 1. The monoisotopic (exact) mass is 242 g/mol. The smallest absolute Gasteiger partial charge is 0.0663 e. The molecule has 1 heterocycles. The molecule has 1 aromatic heterocycles. The predicted molar refractivity (Wildman–Crippen MR) is 65.8 cm³/mol. The number of rotatable bonds is 2. The van der Waals surface area contributed by atoms with Crippen molar-refractivity contribution in [1.82, 2.24) is 4.98 Å². The molecule has 0 bridgehead atoms. The third-order valence-electron chi connectivity index (χ3n) is 2.60. The number of aryl methyl sites for hydroxylation is 1. The largest absolute Gasteiger partial charge is 0.357 e.